The number of primary amides is 1. The van der Waals surface area contributed by atoms with Crippen molar-refractivity contribution < 1.29 is 33.3 Å². The van der Waals surface area contributed by atoms with Gasteiger partial charge >= 0.3 is 5.97 Å². The summed E-state index contributed by atoms with van der Waals surface area (Å²) >= 11 is 0. The molecule has 37 heavy (non-hydrogen) atoms. The van der Waals surface area contributed by atoms with E-state index in [1.165, 1.54) is 13.0 Å². The second kappa shape index (κ2) is 12.8. The highest BCUT2D eigenvalue weighted by atomic mass is 16.6. The van der Waals surface area contributed by atoms with Crippen LogP contribution in [0.15, 0.2) is 36.0 Å². The van der Waals surface area contributed by atoms with Gasteiger partial charge in [0, 0.05) is 25.8 Å². The standard InChI is InChI=1S/C28H42N2O7/c1-17(6-9-22-14-28(16-34-28)15-23(37-22)13-26(29)32)7-10-25-18(2)12-24(20(4)36-25)30-27(33)11-8-19(3)35-21(5)31/h6-9,11,18-20,22-25H,10,12-16H2,1-5H3,(H2,29,32)(H,30,33)/b9-6+,11-8-,17-7+/t18?,19?,20?,22?,23-,24?,25?,28?/m1/s1. The fourth-order valence-corrected chi connectivity index (χ4v) is 5.10. The first-order chi connectivity index (χ1) is 17.4. The van der Waals surface area contributed by atoms with Gasteiger partial charge in [0.1, 0.15) is 6.10 Å². The molecule has 9 heteroatoms. The van der Waals surface area contributed by atoms with Gasteiger partial charge in [-0.05, 0) is 45.6 Å². The fraction of sp³-hybridized carbons (Fsp3) is 0.679. The molecular weight excluding hydrogens is 476 g/mol. The van der Waals surface area contributed by atoms with E-state index in [2.05, 4.69) is 24.4 Å². The monoisotopic (exact) mass is 518 g/mol. The molecule has 0 aromatic heterocycles. The van der Waals surface area contributed by atoms with Gasteiger partial charge in [-0.25, -0.2) is 0 Å². The van der Waals surface area contributed by atoms with Gasteiger partial charge in [0.15, 0.2) is 0 Å². The van der Waals surface area contributed by atoms with Crippen LogP contribution in [-0.4, -0.2) is 66.6 Å². The molecule has 2 amide bonds. The van der Waals surface area contributed by atoms with Crippen molar-refractivity contribution in [1.82, 2.24) is 5.32 Å². The molecule has 0 aliphatic carbocycles. The SMILES string of the molecule is CC(=O)OC(C)/C=C\C(=O)NC1CC(C)C(C/C=C(C)/C=C/C2CC3(CO3)C[C@@H](CC(N)=O)O2)OC1C. The number of nitrogens with one attached hydrogen (secondary N) is 1. The molecule has 3 aliphatic heterocycles. The molecule has 1 spiro atoms. The van der Waals surface area contributed by atoms with Crippen LogP contribution in [0, 0.1) is 5.92 Å². The smallest absolute Gasteiger partial charge is 0.303 e. The first-order valence-corrected chi connectivity index (χ1v) is 13.2. The van der Waals surface area contributed by atoms with Crippen molar-refractivity contribution >= 4 is 17.8 Å². The number of allylic oxidation sites excluding steroid dienone is 2. The van der Waals surface area contributed by atoms with Gasteiger partial charge in [-0.3, -0.25) is 14.4 Å². The van der Waals surface area contributed by atoms with Gasteiger partial charge in [0.2, 0.25) is 11.8 Å². The molecule has 3 rings (SSSR count). The molecule has 0 bridgehead atoms. The Kier molecular flexibility index (Phi) is 10.1. The minimum absolute atomic E-state index is 0.0556. The third kappa shape index (κ3) is 9.39. The molecule has 206 valence electrons. The zero-order chi connectivity index (χ0) is 27.2. The Hall–Kier alpha value is -2.49. The topological polar surface area (TPSA) is 129 Å². The lowest BCUT2D eigenvalue weighted by Crippen LogP contribution is -2.50. The number of carbonyl (C=O) groups excluding carboxylic acids is 3. The van der Waals surface area contributed by atoms with Crippen molar-refractivity contribution in [2.24, 2.45) is 11.7 Å². The van der Waals surface area contributed by atoms with Crippen molar-refractivity contribution in [3.63, 3.8) is 0 Å². The highest BCUT2D eigenvalue weighted by molar-refractivity contribution is 5.87. The van der Waals surface area contributed by atoms with E-state index in [0.717, 1.165) is 31.3 Å². The summed E-state index contributed by atoms with van der Waals surface area (Å²) in [5.41, 5.74) is 6.32. The van der Waals surface area contributed by atoms with Gasteiger partial charge in [-0.2, -0.15) is 0 Å². The Balaban J connectivity index is 1.46. The Bertz CT molecular complexity index is 923. The summed E-state index contributed by atoms with van der Waals surface area (Å²) in [6.45, 7) is 9.91. The second-order valence-electron chi connectivity index (χ2n) is 10.8. The molecule has 0 saturated carbocycles. The number of epoxide rings is 1. The summed E-state index contributed by atoms with van der Waals surface area (Å²) < 4.78 is 23.0. The summed E-state index contributed by atoms with van der Waals surface area (Å²) in [6, 6.07) is -0.0915. The number of rotatable bonds is 10. The highest BCUT2D eigenvalue weighted by Crippen LogP contribution is 2.43. The molecule has 3 heterocycles. The van der Waals surface area contributed by atoms with Gasteiger partial charge in [0.05, 0.1) is 49.1 Å². The second-order valence-corrected chi connectivity index (χ2v) is 10.8. The largest absolute Gasteiger partial charge is 0.459 e. The van der Waals surface area contributed by atoms with E-state index >= 15 is 0 Å². The van der Waals surface area contributed by atoms with Gasteiger partial charge in [-0.15, -0.1) is 0 Å². The van der Waals surface area contributed by atoms with Crippen LogP contribution in [0.25, 0.3) is 0 Å². The average molecular weight is 519 g/mol. The molecule has 9 nitrogen and oxygen atoms in total. The normalized spacial score (nSPS) is 35.0. The molecule has 7 unspecified atom stereocenters. The Morgan fingerprint density at radius 3 is 2.54 bits per heavy atom. The van der Waals surface area contributed by atoms with Gasteiger partial charge in [0.25, 0.3) is 0 Å². The van der Waals surface area contributed by atoms with Crippen LogP contribution in [0.2, 0.25) is 0 Å². The van der Waals surface area contributed by atoms with E-state index in [1.807, 2.05) is 19.9 Å². The molecule has 3 saturated heterocycles. The summed E-state index contributed by atoms with van der Waals surface area (Å²) in [6.07, 6.45) is 11.7. The van der Waals surface area contributed by atoms with Crippen LogP contribution >= 0.6 is 0 Å². The quantitative estimate of drug-likeness (QED) is 0.197. The number of hydrogen-bond donors (Lipinski definition) is 2. The lowest BCUT2D eigenvalue weighted by Gasteiger charge is -2.39. The van der Waals surface area contributed by atoms with Crippen molar-refractivity contribution in [3.05, 3.63) is 36.0 Å². The number of carbonyl (C=O) groups is 3. The summed E-state index contributed by atoms with van der Waals surface area (Å²) in [5.74, 6) is -0.706. The fourth-order valence-electron chi connectivity index (χ4n) is 5.10. The maximum Gasteiger partial charge on any atom is 0.303 e. The number of amides is 2. The summed E-state index contributed by atoms with van der Waals surface area (Å²) in [5, 5.41) is 3.01. The third-order valence-electron chi connectivity index (χ3n) is 7.18. The molecular formula is C28H42N2O7. The lowest BCUT2D eigenvalue weighted by atomic mass is 9.88. The van der Waals surface area contributed by atoms with Crippen LogP contribution in [0.5, 0.6) is 0 Å². The summed E-state index contributed by atoms with van der Waals surface area (Å²) in [4.78, 5) is 34.7. The molecule has 3 fully saturated rings. The number of hydrogen-bond acceptors (Lipinski definition) is 7. The van der Waals surface area contributed by atoms with Crippen LogP contribution in [-0.2, 0) is 33.3 Å². The van der Waals surface area contributed by atoms with E-state index in [0.29, 0.717) is 6.61 Å². The Morgan fingerprint density at radius 1 is 1.16 bits per heavy atom. The molecule has 3 N–H and O–H groups in total. The van der Waals surface area contributed by atoms with Crippen molar-refractivity contribution in [1.29, 1.82) is 0 Å². The number of ether oxygens (including phenoxy) is 4. The third-order valence-corrected chi connectivity index (χ3v) is 7.18. The van der Waals surface area contributed by atoms with Gasteiger partial charge < -0.3 is 30.0 Å². The van der Waals surface area contributed by atoms with Crippen LogP contribution < -0.4 is 11.1 Å². The minimum Gasteiger partial charge on any atom is -0.459 e. The molecule has 0 radical (unpaired) electrons. The zero-order valence-corrected chi connectivity index (χ0v) is 22.6. The number of esters is 1. The van der Waals surface area contributed by atoms with Crippen molar-refractivity contribution in [3.8, 4) is 0 Å². The first kappa shape index (κ1) is 29.1. The maximum atomic E-state index is 12.3. The molecule has 8 atom stereocenters. The van der Waals surface area contributed by atoms with E-state index in [4.69, 9.17) is 24.7 Å². The molecule has 0 aromatic rings. The van der Waals surface area contributed by atoms with Crippen molar-refractivity contribution in [2.45, 2.75) is 109 Å². The van der Waals surface area contributed by atoms with E-state index in [1.54, 1.807) is 13.0 Å². The van der Waals surface area contributed by atoms with E-state index < -0.39 is 6.10 Å². The van der Waals surface area contributed by atoms with Crippen molar-refractivity contribution in [2.75, 3.05) is 6.61 Å². The zero-order valence-electron chi connectivity index (χ0n) is 22.6. The van der Waals surface area contributed by atoms with E-state index in [9.17, 15) is 14.4 Å². The number of nitrogens with two attached hydrogens (primary N) is 1. The average Bonchev–Trinajstić information content (AvgIpc) is 3.54. The predicted octanol–water partition coefficient (Wildman–Crippen LogP) is 2.88. The van der Waals surface area contributed by atoms with E-state index in [-0.39, 0.29) is 66.2 Å². The molecule has 3 aliphatic rings. The lowest BCUT2D eigenvalue weighted by molar-refractivity contribution is -0.143. The van der Waals surface area contributed by atoms with Gasteiger partial charge in [-0.1, -0.05) is 30.7 Å². The first-order valence-electron chi connectivity index (χ1n) is 13.2. The molecule has 0 aromatic carbocycles. The predicted molar refractivity (Wildman–Crippen MR) is 138 cm³/mol. The minimum atomic E-state index is -0.458. The van der Waals surface area contributed by atoms with Crippen LogP contribution in [0.3, 0.4) is 0 Å². The highest BCUT2D eigenvalue weighted by Gasteiger charge is 2.51. The Labute approximate surface area is 219 Å². The maximum absolute atomic E-state index is 12.3. The van der Waals surface area contributed by atoms with Crippen LogP contribution in [0.1, 0.15) is 66.7 Å². The summed E-state index contributed by atoms with van der Waals surface area (Å²) in [7, 11) is 0. The Morgan fingerprint density at radius 2 is 1.89 bits per heavy atom. The van der Waals surface area contributed by atoms with Crippen LogP contribution in [0.4, 0.5) is 0 Å².